The normalized spacial score (nSPS) is 20.3. The van der Waals surface area contributed by atoms with Crippen LogP contribution < -0.4 is 11.1 Å². The Hall–Kier alpha value is -4.41. The first-order chi connectivity index (χ1) is 23.7. The van der Waals surface area contributed by atoms with Crippen LogP contribution in [0.1, 0.15) is 67.1 Å². The number of imidazole rings is 1. The molecule has 10 heteroatoms. The number of benzene rings is 2. The lowest BCUT2D eigenvalue weighted by Crippen LogP contribution is -2.51. The Labute approximate surface area is 288 Å². The predicted molar refractivity (Wildman–Crippen MR) is 196 cm³/mol. The zero-order valence-corrected chi connectivity index (χ0v) is 29.0. The monoisotopic (exact) mass is 666 g/mol. The zero-order chi connectivity index (χ0) is 34.5. The number of pyridine rings is 1. The van der Waals surface area contributed by atoms with E-state index in [1.165, 1.54) is 17.7 Å². The van der Waals surface area contributed by atoms with Crippen LogP contribution in [0.5, 0.6) is 0 Å². The molecule has 1 atom stereocenters. The van der Waals surface area contributed by atoms with E-state index in [1.807, 2.05) is 26.1 Å². The first-order valence-corrected chi connectivity index (χ1v) is 17.4. The number of halogens is 2. The summed E-state index contributed by atoms with van der Waals surface area (Å²) < 4.78 is 29.7. The van der Waals surface area contributed by atoms with Crippen molar-refractivity contribution in [2.45, 2.75) is 71.5 Å². The average molecular weight is 667 g/mol. The third kappa shape index (κ3) is 8.25. The van der Waals surface area contributed by atoms with E-state index in [0.717, 1.165) is 128 Å². The summed E-state index contributed by atoms with van der Waals surface area (Å²) >= 11 is 0. The van der Waals surface area contributed by atoms with Crippen LogP contribution in [0.4, 0.5) is 14.7 Å². The molecule has 258 valence electrons. The van der Waals surface area contributed by atoms with Gasteiger partial charge in [-0.15, -0.1) is 0 Å². The Balaban J connectivity index is 1.19. The van der Waals surface area contributed by atoms with Crippen LogP contribution in [0.2, 0.25) is 0 Å². The number of rotatable bonds is 5. The van der Waals surface area contributed by atoms with E-state index in [1.54, 1.807) is 6.20 Å². The summed E-state index contributed by atoms with van der Waals surface area (Å²) in [4.78, 5) is 19.3. The molecule has 4 aromatic rings. The maximum absolute atomic E-state index is 13.7. The third-order valence-corrected chi connectivity index (χ3v) is 9.81. The SMILES string of the molecule is C=C1Nc2nc3ccc(CN4CCN(CCc5cc(F)cc(F)c5)[C@@H](C)C4)cc3n2CCCCCCC(=NC)C(=CN)c2cc1cc(C)n2. The van der Waals surface area contributed by atoms with Gasteiger partial charge < -0.3 is 15.6 Å². The van der Waals surface area contributed by atoms with Gasteiger partial charge in [-0.25, -0.2) is 13.8 Å². The van der Waals surface area contributed by atoms with Gasteiger partial charge in [0, 0.05) is 92.9 Å². The number of nitrogens with zero attached hydrogens (tertiary/aromatic N) is 6. The van der Waals surface area contributed by atoms with Crippen molar-refractivity contribution in [2.24, 2.45) is 10.7 Å². The van der Waals surface area contributed by atoms with E-state index >= 15 is 0 Å². The van der Waals surface area contributed by atoms with Crippen molar-refractivity contribution in [3.63, 3.8) is 0 Å². The van der Waals surface area contributed by atoms with Gasteiger partial charge in [0.1, 0.15) is 11.6 Å². The minimum atomic E-state index is -0.517. The number of aryl methyl sites for hydroxylation is 2. The number of allylic oxidation sites excluding steroid dienone is 1. The molecule has 0 radical (unpaired) electrons. The highest BCUT2D eigenvalue weighted by atomic mass is 19.1. The standard InChI is InChI=1S/C39H48F2N8/c1-26-17-31-21-37(44-26)34(23-42)35(43-4)9-7-5-6-8-13-49-38-20-30(10-11-36(38)46-39(49)45-28(31)3)25-47-15-16-48(27(2)24-47)14-12-29-18-32(40)22-33(41)19-29/h10-11,17-23,27H,3,5-9,12-16,24-25,42H2,1-2,4H3,(H,45,46)/t27-/m0/s1. The summed E-state index contributed by atoms with van der Waals surface area (Å²) in [7, 11) is 1.82. The number of piperazine rings is 1. The molecule has 4 heterocycles. The van der Waals surface area contributed by atoms with Crippen molar-refractivity contribution in [2.75, 3.05) is 38.5 Å². The Morgan fingerprint density at radius 3 is 2.53 bits per heavy atom. The second-order valence-electron chi connectivity index (χ2n) is 13.5. The van der Waals surface area contributed by atoms with Crippen molar-refractivity contribution in [3.05, 3.63) is 101 Å². The predicted octanol–water partition coefficient (Wildman–Crippen LogP) is 7.18. The van der Waals surface area contributed by atoms with Gasteiger partial charge in [0.25, 0.3) is 0 Å². The third-order valence-electron chi connectivity index (χ3n) is 9.81. The lowest BCUT2D eigenvalue weighted by Gasteiger charge is -2.40. The smallest absolute Gasteiger partial charge is 0.208 e. The summed E-state index contributed by atoms with van der Waals surface area (Å²) in [5, 5.41) is 3.55. The van der Waals surface area contributed by atoms with Crippen LogP contribution >= 0.6 is 0 Å². The summed E-state index contributed by atoms with van der Waals surface area (Å²) in [6, 6.07) is 14.8. The zero-order valence-electron chi connectivity index (χ0n) is 29.0. The lowest BCUT2D eigenvalue weighted by molar-refractivity contribution is 0.0799. The Bertz CT molecular complexity index is 1860. The van der Waals surface area contributed by atoms with E-state index in [0.29, 0.717) is 18.0 Å². The molecule has 2 aromatic heterocycles. The molecular weight excluding hydrogens is 618 g/mol. The van der Waals surface area contributed by atoms with Gasteiger partial charge in [0.15, 0.2) is 0 Å². The molecule has 2 aliphatic heterocycles. The Morgan fingerprint density at radius 1 is 0.980 bits per heavy atom. The van der Waals surface area contributed by atoms with Gasteiger partial charge in [-0.05, 0) is 87.1 Å². The first kappa shape index (κ1) is 34.5. The highest BCUT2D eigenvalue weighted by Gasteiger charge is 2.24. The molecule has 0 aliphatic carbocycles. The molecule has 2 aromatic carbocycles. The van der Waals surface area contributed by atoms with Gasteiger partial charge >= 0.3 is 0 Å². The van der Waals surface area contributed by atoms with Crippen LogP contribution in [-0.2, 0) is 19.5 Å². The van der Waals surface area contributed by atoms with E-state index < -0.39 is 11.6 Å². The molecule has 1 saturated heterocycles. The van der Waals surface area contributed by atoms with E-state index in [2.05, 4.69) is 56.4 Å². The summed E-state index contributed by atoms with van der Waals surface area (Å²) in [6.45, 7) is 13.9. The summed E-state index contributed by atoms with van der Waals surface area (Å²) in [5.74, 6) is -0.248. The minimum absolute atomic E-state index is 0.340. The largest absolute Gasteiger partial charge is 0.404 e. The van der Waals surface area contributed by atoms with Crippen LogP contribution in [0, 0.1) is 18.6 Å². The maximum atomic E-state index is 13.7. The highest BCUT2D eigenvalue weighted by molar-refractivity contribution is 6.23. The topological polar surface area (TPSA) is 87.6 Å². The Kier molecular flexibility index (Phi) is 10.8. The average Bonchev–Trinajstić information content (AvgIpc) is 3.40. The quantitative estimate of drug-likeness (QED) is 0.235. The van der Waals surface area contributed by atoms with E-state index in [-0.39, 0.29) is 0 Å². The molecule has 49 heavy (non-hydrogen) atoms. The molecule has 0 saturated carbocycles. The molecule has 0 spiro atoms. The molecule has 0 unspecified atom stereocenters. The van der Waals surface area contributed by atoms with Crippen LogP contribution in [0.15, 0.2) is 66.3 Å². The molecular formula is C39H48F2N8. The number of hydrogen-bond donors (Lipinski definition) is 2. The number of aliphatic imine (C=N–C) groups is 1. The van der Waals surface area contributed by atoms with E-state index in [9.17, 15) is 8.78 Å². The Morgan fingerprint density at radius 2 is 1.78 bits per heavy atom. The lowest BCUT2D eigenvalue weighted by atomic mass is 9.99. The van der Waals surface area contributed by atoms with Crippen LogP contribution in [0.3, 0.4) is 0 Å². The second kappa shape index (κ2) is 15.4. The highest BCUT2D eigenvalue weighted by Crippen LogP contribution is 2.28. The fourth-order valence-electron chi connectivity index (χ4n) is 7.22. The van der Waals surface area contributed by atoms with Gasteiger partial charge in [-0.2, -0.15) is 0 Å². The number of anilines is 1. The number of aromatic nitrogens is 3. The van der Waals surface area contributed by atoms with Crippen molar-refractivity contribution in [1.29, 1.82) is 0 Å². The fraction of sp³-hybridized carbons (Fsp3) is 0.410. The van der Waals surface area contributed by atoms with E-state index in [4.69, 9.17) is 15.7 Å². The number of hydrogen-bond acceptors (Lipinski definition) is 7. The summed E-state index contributed by atoms with van der Waals surface area (Å²) in [5.41, 5.74) is 15.4. The number of nitrogens with one attached hydrogen (secondary N) is 1. The fourth-order valence-corrected chi connectivity index (χ4v) is 7.22. The minimum Gasteiger partial charge on any atom is -0.404 e. The van der Waals surface area contributed by atoms with Crippen molar-refractivity contribution in [3.8, 4) is 0 Å². The van der Waals surface area contributed by atoms with Gasteiger partial charge in [0.05, 0.1) is 16.7 Å². The summed E-state index contributed by atoms with van der Waals surface area (Å²) in [6.07, 6.45) is 7.37. The van der Waals surface area contributed by atoms with Gasteiger partial charge in [0.2, 0.25) is 5.95 Å². The van der Waals surface area contributed by atoms with Crippen molar-refractivity contribution in [1.82, 2.24) is 24.3 Å². The maximum Gasteiger partial charge on any atom is 0.208 e. The molecule has 3 N–H and O–H groups in total. The van der Waals surface area contributed by atoms with Crippen LogP contribution in [0.25, 0.3) is 22.3 Å². The molecule has 2 aliphatic rings. The molecule has 6 rings (SSSR count). The molecule has 0 amide bonds. The first-order valence-electron chi connectivity index (χ1n) is 17.4. The molecule has 1 fully saturated rings. The number of nitrogens with two attached hydrogens (primary N) is 1. The van der Waals surface area contributed by atoms with Gasteiger partial charge in [-0.1, -0.05) is 25.5 Å². The van der Waals surface area contributed by atoms with Crippen molar-refractivity contribution >= 4 is 34.0 Å². The number of fused-ring (bicyclic) bond motifs is 5. The second-order valence-corrected chi connectivity index (χ2v) is 13.5. The van der Waals surface area contributed by atoms with Crippen LogP contribution in [-0.4, -0.2) is 69.3 Å². The van der Waals surface area contributed by atoms with Gasteiger partial charge in [-0.3, -0.25) is 19.8 Å². The molecule has 2 bridgehead atoms. The molecule has 8 nitrogen and oxygen atoms in total. The van der Waals surface area contributed by atoms with Crippen molar-refractivity contribution < 1.29 is 8.78 Å².